The molecule has 1 fully saturated rings. The second-order valence-electron chi connectivity index (χ2n) is 5.88. The van der Waals surface area contributed by atoms with Gasteiger partial charge in [-0.1, -0.05) is 0 Å². The van der Waals surface area contributed by atoms with Crippen molar-refractivity contribution in [2.45, 2.75) is 19.8 Å². The second-order valence-corrected chi connectivity index (χ2v) is 6.26. The van der Waals surface area contributed by atoms with Gasteiger partial charge in [0.05, 0.1) is 5.52 Å². The van der Waals surface area contributed by atoms with Gasteiger partial charge in [0.2, 0.25) is 5.91 Å². The van der Waals surface area contributed by atoms with Crippen LogP contribution in [-0.2, 0) is 4.79 Å². The molecule has 6 nitrogen and oxygen atoms in total. The first-order valence-corrected chi connectivity index (χ1v) is 8.10. The average Bonchev–Trinajstić information content (AvgIpc) is 2.92. The van der Waals surface area contributed by atoms with Gasteiger partial charge in [0, 0.05) is 32.1 Å². The summed E-state index contributed by atoms with van der Waals surface area (Å²) in [5.41, 5.74) is 1.91. The number of fused-ring (bicyclic) bond motifs is 1. The number of amides is 2. The molecule has 23 heavy (non-hydrogen) atoms. The third-order valence-corrected chi connectivity index (χ3v) is 4.48. The Morgan fingerprint density at radius 2 is 2.13 bits per heavy atom. The fourth-order valence-corrected chi connectivity index (χ4v) is 3.08. The number of carbonyl (C=O) groups is 2. The molecule has 1 aliphatic rings. The fourth-order valence-electron chi connectivity index (χ4n) is 2.88. The minimum atomic E-state index is -0.122. The molecule has 2 heterocycles. The zero-order valence-corrected chi connectivity index (χ0v) is 13.7. The molecule has 1 aliphatic heterocycles. The van der Waals surface area contributed by atoms with E-state index in [9.17, 15) is 9.59 Å². The zero-order valence-electron chi connectivity index (χ0n) is 12.9. The molecular formula is C16H19N3O3S. The van der Waals surface area contributed by atoms with Crippen molar-refractivity contribution in [3.8, 4) is 0 Å². The van der Waals surface area contributed by atoms with Crippen LogP contribution in [0.2, 0.25) is 0 Å². The molecule has 2 aromatic rings. The van der Waals surface area contributed by atoms with E-state index in [2.05, 4.69) is 10.3 Å². The number of oxazole rings is 1. The largest absolute Gasteiger partial charge is 0.429 e. The van der Waals surface area contributed by atoms with Crippen LogP contribution in [0.25, 0.3) is 11.1 Å². The van der Waals surface area contributed by atoms with Gasteiger partial charge in [0.1, 0.15) is 0 Å². The Morgan fingerprint density at radius 3 is 2.83 bits per heavy atom. The number of rotatable bonds is 3. The van der Waals surface area contributed by atoms with Crippen LogP contribution in [0.15, 0.2) is 22.6 Å². The highest BCUT2D eigenvalue weighted by Crippen LogP contribution is 2.18. The quantitative estimate of drug-likeness (QED) is 0.846. The SMILES string of the molecule is CC(=O)N1CCC(CNC(=O)c2ccc3[nH]c(=S)oc3c2)CC1. The Morgan fingerprint density at radius 1 is 1.39 bits per heavy atom. The molecule has 3 rings (SSSR count). The highest BCUT2D eigenvalue weighted by molar-refractivity contribution is 7.71. The minimum Gasteiger partial charge on any atom is -0.429 e. The number of carbonyl (C=O) groups excluding carboxylic acids is 2. The molecule has 0 saturated carbocycles. The Bertz CT molecular complexity index is 787. The highest BCUT2D eigenvalue weighted by Gasteiger charge is 2.21. The maximum Gasteiger partial charge on any atom is 0.266 e. The normalized spacial score (nSPS) is 15.8. The van der Waals surface area contributed by atoms with Gasteiger partial charge in [0.25, 0.3) is 10.7 Å². The highest BCUT2D eigenvalue weighted by atomic mass is 32.1. The van der Waals surface area contributed by atoms with Crippen LogP contribution in [0.5, 0.6) is 0 Å². The number of piperidine rings is 1. The van der Waals surface area contributed by atoms with E-state index in [0.717, 1.165) is 31.4 Å². The summed E-state index contributed by atoms with van der Waals surface area (Å²) in [6.45, 7) is 3.76. The molecule has 1 aromatic heterocycles. The Kier molecular flexibility index (Phi) is 4.47. The zero-order chi connectivity index (χ0) is 16.4. The lowest BCUT2D eigenvalue weighted by Gasteiger charge is -2.31. The van der Waals surface area contributed by atoms with E-state index in [1.165, 1.54) is 0 Å². The van der Waals surface area contributed by atoms with E-state index < -0.39 is 0 Å². The van der Waals surface area contributed by atoms with Crippen LogP contribution in [-0.4, -0.2) is 41.3 Å². The van der Waals surface area contributed by atoms with Crippen LogP contribution in [0, 0.1) is 10.8 Å². The van der Waals surface area contributed by atoms with Gasteiger partial charge in [-0.3, -0.25) is 9.59 Å². The van der Waals surface area contributed by atoms with Gasteiger partial charge < -0.3 is 19.6 Å². The molecule has 1 aromatic carbocycles. The Labute approximate surface area is 138 Å². The molecule has 1 saturated heterocycles. The van der Waals surface area contributed by atoms with E-state index in [1.54, 1.807) is 25.1 Å². The molecule has 122 valence electrons. The molecule has 0 radical (unpaired) electrons. The van der Waals surface area contributed by atoms with Gasteiger partial charge in [-0.25, -0.2) is 0 Å². The molecule has 0 aliphatic carbocycles. The van der Waals surface area contributed by atoms with Crippen molar-refractivity contribution in [1.29, 1.82) is 0 Å². The number of aromatic amines is 1. The van der Waals surface area contributed by atoms with Gasteiger partial charge in [-0.2, -0.15) is 0 Å². The van der Waals surface area contributed by atoms with Crippen LogP contribution in [0.3, 0.4) is 0 Å². The number of nitrogens with one attached hydrogen (secondary N) is 2. The predicted octanol–water partition coefficient (Wildman–Crippen LogP) is 2.48. The summed E-state index contributed by atoms with van der Waals surface area (Å²) in [4.78, 5) is 28.6. The lowest BCUT2D eigenvalue weighted by Crippen LogP contribution is -2.40. The van der Waals surface area contributed by atoms with Crippen molar-refractivity contribution in [1.82, 2.24) is 15.2 Å². The summed E-state index contributed by atoms with van der Waals surface area (Å²) in [6.07, 6.45) is 1.84. The maximum atomic E-state index is 12.3. The van der Waals surface area contributed by atoms with E-state index in [0.29, 0.717) is 28.4 Å². The molecule has 2 N–H and O–H groups in total. The molecule has 0 atom stereocenters. The van der Waals surface area contributed by atoms with Crippen molar-refractivity contribution in [2.24, 2.45) is 5.92 Å². The summed E-state index contributed by atoms with van der Waals surface area (Å²) in [5.74, 6) is 0.412. The first-order valence-electron chi connectivity index (χ1n) is 7.69. The smallest absolute Gasteiger partial charge is 0.266 e. The number of likely N-dealkylation sites (tertiary alicyclic amines) is 1. The summed E-state index contributed by atoms with van der Waals surface area (Å²) in [6, 6.07) is 5.22. The van der Waals surface area contributed by atoms with Crippen LogP contribution in [0.1, 0.15) is 30.1 Å². The van der Waals surface area contributed by atoms with Crippen molar-refractivity contribution >= 4 is 35.1 Å². The molecule has 0 unspecified atom stereocenters. The molecule has 7 heteroatoms. The second kappa shape index (κ2) is 6.54. The van der Waals surface area contributed by atoms with Crippen molar-refractivity contribution in [3.63, 3.8) is 0 Å². The van der Waals surface area contributed by atoms with E-state index in [-0.39, 0.29) is 11.8 Å². The van der Waals surface area contributed by atoms with Gasteiger partial charge in [0.15, 0.2) is 5.58 Å². The van der Waals surface area contributed by atoms with Gasteiger partial charge in [-0.15, -0.1) is 0 Å². The van der Waals surface area contributed by atoms with Crippen LogP contribution < -0.4 is 5.32 Å². The first kappa shape index (κ1) is 15.7. The Hall–Kier alpha value is -2.15. The van der Waals surface area contributed by atoms with E-state index in [1.807, 2.05) is 4.90 Å². The molecule has 0 spiro atoms. The predicted molar refractivity (Wildman–Crippen MR) is 88.7 cm³/mol. The number of hydrogen-bond acceptors (Lipinski definition) is 4. The number of benzene rings is 1. The number of H-pyrrole nitrogens is 1. The van der Waals surface area contributed by atoms with Crippen molar-refractivity contribution < 1.29 is 14.0 Å². The topological polar surface area (TPSA) is 78.3 Å². The molecule has 2 amide bonds. The van der Waals surface area contributed by atoms with E-state index in [4.69, 9.17) is 16.6 Å². The number of aromatic nitrogens is 1. The van der Waals surface area contributed by atoms with Crippen LogP contribution in [0.4, 0.5) is 0 Å². The van der Waals surface area contributed by atoms with E-state index >= 15 is 0 Å². The van der Waals surface area contributed by atoms with Crippen LogP contribution >= 0.6 is 12.2 Å². The monoisotopic (exact) mass is 333 g/mol. The summed E-state index contributed by atoms with van der Waals surface area (Å²) >= 11 is 4.94. The standard InChI is InChI=1S/C16H19N3O3S/c1-10(20)19-6-4-11(5-7-19)9-17-15(21)12-2-3-13-14(8-12)22-16(23)18-13/h2-3,8,11H,4-7,9H2,1H3,(H,17,21)(H,18,23). The number of nitrogens with zero attached hydrogens (tertiary/aromatic N) is 1. The minimum absolute atomic E-state index is 0.122. The maximum absolute atomic E-state index is 12.3. The average molecular weight is 333 g/mol. The van der Waals surface area contributed by atoms with Gasteiger partial charge in [-0.05, 0) is 49.2 Å². The third-order valence-electron chi connectivity index (χ3n) is 4.29. The lowest BCUT2D eigenvalue weighted by molar-refractivity contribution is -0.130. The fraction of sp³-hybridized carbons (Fsp3) is 0.438. The molecule has 0 bridgehead atoms. The lowest BCUT2D eigenvalue weighted by atomic mass is 9.96. The van der Waals surface area contributed by atoms with Gasteiger partial charge >= 0.3 is 0 Å². The first-order chi connectivity index (χ1) is 11.0. The Balaban J connectivity index is 1.56. The summed E-state index contributed by atoms with van der Waals surface area (Å²) in [5, 5.41) is 2.96. The molecular weight excluding hydrogens is 314 g/mol. The number of hydrogen-bond donors (Lipinski definition) is 2. The summed E-state index contributed by atoms with van der Waals surface area (Å²) < 4.78 is 5.33. The summed E-state index contributed by atoms with van der Waals surface area (Å²) in [7, 11) is 0. The third kappa shape index (κ3) is 3.61. The van der Waals surface area contributed by atoms with Crippen molar-refractivity contribution in [2.75, 3.05) is 19.6 Å². The van der Waals surface area contributed by atoms with Crippen molar-refractivity contribution in [3.05, 3.63) is 28.6 Å².